The maximum absolute atomic E-state index is 11.6. The van der Waals surface area contributed by atoms with Crippen molar-refractivity contribution in [3.63, 3.8) is 0 Å². The Morgan fingerprint density at radius 1 is 1.50 bits per heavy atom. The summed E-state index contributed by atoms with van der Waals surface area (Å²) in [5.74, 6) is 2.61. The number of nitrogens with two attached hydrogens (primary N) is 1. The first-order valence-electron chi connectivity index (χ1n) is 6.70. The number of carbonyl (C=O) groups excluding carboxylic acids is 2. The van der Waals surface area contributed by atoms with Gasteiger partial charge in [0, 0.05) is 13.1 Å². The van der Waals surface area contributed by atoms with Gasteiger partial charge in [-0.15, -0.1) is 6.42 Å². The Balaban J connectivity index is 0.000000511. The van der Waals surface area contributed by atoms with Gasteiger partial charge in [0.2, 0.25) is 0 Å². The molecule has 3 amide bonds. The summed E-state index contributed by atoms with van der Waals surface area (Å²) in [5, 5.41) is 2.35. The molecule has 3 N–H and O–H groups in total. The van der Waals surface area contributed by atoms with Crippen molar-refractivity contribution < 1.29 is 14.3 Å². The van der Waals surface area contributed by atoms with E-state index in [9.17, 15) is 9.59 Å². The van der Waals surface area contributed by atoms with Crippen LogP contribution < -0.4 is 11.1 Å². The Kier molecular flexibility index (Phi) is 7.52. The molecule has 1 heterocycles. The summed E-state index contributed by atoms with van der Waals surface area (Å²) in [6.45, 7) is 8.69. The van der Waals surface area contributed by atoms with E-state index in [-0.39, 0.29) is 12.1 Å². The number of ether oxygens (including phenoxy) is 1. The number of nitrogens with zero attached hydrogens (tertiary/aromatic N) is 1. The van der Waals surface area contributed by atoms with Crippen LogP contribution in [0.2, 0.25) is 0 Å². The van der Waals surface area contributed by atoms with Crippen LogP contribution in [0.4, 0.5) is 9.59 Å². The van der Waals surface area contributed by atoms with Gasteiger partial charge in [-0.05, 0) is 40.5 Å². The highest BCUT2D eigenvalue weighted by Crippen LogP contribution is 2.19. The molecule has 0 unspecified atom stereocenters. The minimum Gasteiger partial charge on any atom is -0.444 e. The fourth-order valence-electron chi connectivity index (χ4n) is 1.65. The molecule has 20 heavy (non-hydrogen) atoms. The molecule has 0 aromatic heterocycles. The smallest absolute Gasteiger partial charge is 0.411 e. The van der Waals surface area contributed by atoms with Gasteiger partial charge in [-0.2, -0.15) is 0 Å². The van der Waals surface area contributed by atoms with Crippen molar-refractivity contribution in [1.29, 1.82) is 0 Å². The van der Waals surface area contributed by atoms with Crippen molar-refractivity contribution in [3.8, 4) is 12.3 Å². The number of hydrogen-bond acceptors (Lipinski definition) is 3. The summed E-state index contributed by atoms with van der Waals surface area (Å²) < 4.78 is 5.25. The minimum atomic E-state index is -0.461. The van der Waals surface area contributed by atoms with Gasteiger partial charge < -0.3 is 15.8 Å². The van der Waals surface area contributed by atoms with E-state index >= 15 is 0 Å². The van der Waals surface area contributed by atoms with Gasteiger partial charge >= 0.3 is 12.1 Å². The van der Waals surface area contributed by atoms with Crippen LogP contribution in [0, 0.1) is 12.3 Å². The average molecular weight is 283 g/mol. The van der Waals surface area contributed by atoms with Crippen LogP contribution in [0.25, 0.3) is 0 Å². The number of rotatable bonds is 1. The van der Waals surface area contributed by atoms with Crippen molar-refractivity contribution in [2.45, 2.75) is 52.2 Å². The molecular weight excluding hydrogens is 258 g/mol. The lowest BCUT2D eigenvalue weighted by Gasteiger charge is -2.26. The van der Waals surface area contributed by atoms with Gasteiger partial charge in [-0.1, -0.05) is 5.92 Å². The third kappa shape index (κ3) is 7.52. The summed E-state index contributed by atoms with van der Waals surface area (Å²) in [4.78, 5) is 23.0. The second kappa shape index (κ2) is 8.31. The molecule has 114 valence electrons. The number of primary amides is 1. The van der Waals surface area contributed by atoms with Gasteiger partial charge in [-0.25, -0.2) is 9.59 Å². The maximum Gasteiger partial charge on any atom is 0.411 e. The lowest BCUT2D eigenvalue weighted by atomic mass is 10.2. The predicted octanol–water partition coefficient (Wildman–Crippen LogP) is 1.69. The van der Waals surface area contributed by atoms with Gasteiger partial charge in [0.15, 0.2) is 0 Å². The van der Waals surface area contributed by atoms with Gasteiger partial charge in [-0.3, -0.25) is 4.90 Å². The van der Waals surface area contributed by atoms with Crippen molar-refractivity contribution in [2.24, 2.45) is 5.73 Å². The number of likely N-dealkylation sites (tertiary alicyclic amines) is 1. The zero-order valence-electron chi connectivity index (χ0n) is 12.7. The Bertz CT molecular complexity index is 369. The topological polar surface area (TPSA) is 84.7 Å². The highest BCUT2D eigenvalue weighted by molar-refractivity contribution is 5.71. The van der Waals surface area contributed by atoms with E-state index in [0.717, 1.165) is 12.8 Å². The van der Waals surface area contributed by atoms with Crippen LogP contribution >= 0.6 is 0 Å². The highest BCUT2D eigenvalue weighted by atomic mass is 16.6. The van der Waals surface area contributed by atoms with E-state index in [2.05, 4.69) is 17.0 Å². The molecule has 1 rings (SSSR count). The molecule has 1 aliphatic heterocycles. The number of hydrogen-bond donors (Lipinski definition) is 2. The van der Waals surface area contributed by atoms with Gasteiger partial charge in [0.1, 0.15) is 5.60 Å². The number of nitrogens with one attached hydrogen (secondary N) is 1. The Labute approximate surface area is 121 Å². The monoisotopic (exact) mass is 283 g/mol. The van der Waals surface area contributed by atoms with Crippen LogP contribution in [-0.4, -0.2) is 41.8 Å². The number of amides is 3. The quantitative estimate of drug-likeness (QED) is 0.718. The first-order chi connectivity index (χ1) is 9.21. The minimum absolute atomic E-state index is 0.0788. The predicted molar refractivity (Wildman–Crippen MR) is 78.1 cm³/mol. The molecule has 1 atom stereocenters. The average Bonchev–Trinajstić information content (AvgIpc) is 2.75. The Morgan fingerprint density at radius 3 is 2.45 bits per heavy atom. The zero-order chi connectivity index (χ0) is 15.8. The van der Waals surface area contributed by atoms with Gasteiger partial charge in [0.05, 0.1) is 6.04 Å². The molecule has 0 bridgehead atoms. The van der Waals surface area contributed by atoms with E-state index in [1.54, 1.807) is 4.90 Å². The first-order valence-corrected chi connectivity index (χ1v) is 6.70. The van der Waals surface area contributed by atoms with Crippen molar-refractivity contribution in [2.75, 3.05) is 13.1 Å². The van der Waals surface area contributed by atoms with Crippen LogP contribution in [0.5, 0.6) is 0 Å². The fourth-order valence-corrected chi connectivity index (χ4v) is 1.65. The van der Waals surface area contributed by atoms with E-state index < -0.39 is 11.6 Å². The number of terminal acetylenes is 1. The summed E-state index contributed by atoms with van der Waals surface area (Å²) in [6, 6.07) is -0.539. The molecule has 1 aliphatic rings. The second-order valence-electron chi connectivity index (χ2n) is 5.39. The van der Waals surface area contributed by atoms with E-state index in [1.165, 1.54) is 0 Å². The lowest BCUT2D eigenvalue weighted by molar-refractivity contribution is 0.0261. The molecule has 1 saturated heterocycles. The van der Waals surface area contributed by atoms with Crippen molar-refractivity contribution >= 4 is 12.1 Å². The summed E-state index contributed by atoms with van der Waals surface area (Å²) in [5.41, 5.74) is 4.21. The van der Waals surface area contributed by atoms with Crippen LogP contribution in [-0.2, 0) is 4.74 Å². The summed E-state index contributed by atoms with van der Waals surface area (Å²) in [7, 11) is 0. The van der Waals surface area contributed by atoms with Crippen LogP contribution in [0.1, 0.15) is 40.5 Å². The standard InChI is InChI=1S/C11H17NO2.C3H8N2O/c1-5-9-7-6-8-12(9)10(13)14-11(2,3)4;1-2-5-3(4)6/h1,9H,6-8H2,2-4H3;2H2,1H3,(H3,4,5,6)/t9-;/m1./s1. The fraction of sp³-hybridized carbons (Fsp3) is 0.714. The largest absolute Gasteiger partial charge is 0.444 e. The SMILES string of the molecule is C#C[C@@H]1CCCN1C(=O)OC(C)(C)C.CCNC(N)=O. The molecule has 0 aromatic rings. The first kappa shape index (κ1) is 18.1. The maximum atomic E-state index is 11.6. The van der Waals surface area contributed by atoms with Crippen LogP contribution in [0.15, 0.2) is 0 Å². The van der Waals surface area contributed by atoms with Crippen LogP contribution in [0.3, 0.4) is 0 Å². The van der Waals surface area contributed by atoms with Gasteiger partial charge in [0.25, 0.3) is 0 Å². The molecule has 0 radical (unpaired) electrons. The molecule has 0 aliphatic carbocycles. The third-order valence-corrected chi connectivity index (χ3v) is 2.42. The Hall–Kier alpha value is -1.90. The molecule has 0 spiro atoms. The van der Waals surface area contributed by atoms with E-state index in [1.807, 2.05) is 27.7 Å². The summed E-state index contributed by atoms with van der Waals surface area (Å²) in [6.07, 6.45) is 6.88. The van der Waals surface area contributed by atoms with E-state index in [0.29, 0.717) is 13.1 Å². The van der Waals surface area contributed by atoms with Crippen molar-refractivity contribution in [1.82, 2.24) is 10.2 Å². The highest BCUT2D eigenvalue weighted by Gasteiger charge is 2.30. The summed E-state index contributed by atoms with van der Waals surface area (Å²) >= 11 is 0. The third-order valence-electron chi connectivity index (χ3n) is 2.42. The molecule has 6 nitrogen and oxygen atoms in total. The zero-order valence-corrected chi connectivity index (χ0v) is 12.7. The number of carbonyl (C=O) groups is 2. The lowest BCUT2D eigenvalue weighted by Crippen LogP contribution is -2.39. The van der Waals surface area contributed by atoms with Crippen molar-refractivity contribution in [3.05, 3.63) is 0 Å². The normalized spacial score (nSPS) is 17.6. The molecule has 1 fully saturated rings. The molecule has 6 heteroatoms. The second-order valence-corrected chi connectivity index (χ2v) is 5.39. The molecule has 0 aromatic carbocycles. The number of urea groups is 1. The molecule has 0 saturated carbocycles. The Morgan fingerprint density at radius 2 is 2.10 bits per heavy atom. The van der Waals surface area contributed by atoms with E-state index in [4.69, 9.17) is 11.2 Å². The molecular formula is C14H25N3O3.